The number of benzene rings is 2. The largest absolute Gasteiger partial charge is 0.488 e. The van der Waals surface area contributed by atoms with Gasteiger partial charge in [-0.25, -0.2) is 0 Å². The van der Waals surface area contributed by atoms with Gasteiger partial charge in [0, 0.05) is 11.8 Å². The van der Waals surface area contributed by atoms with Gasteiger partial charge < -0.3 is 9.47 Å². The summed E-state index contributed by atoms with van der Waals surface area (Å²) in [7, 11) is 0. The van der Waals surface area contributed by atoms with Crippen molar-refractivity contribution in [2.75, 3.05) is 0 Å². The average molecular weight is 397 g/mol. The normalized spacial score (nSPS) is 11.9. The minimum Gasteiger partial charge on any atom is -0.488 e. The first-order valence-corrected chi connectivity index (χ1v) is 10.8. The van der Waals surface area contributed by atoms with E-state index in [1.54, 1.807) is 0 Å². The van der Waals surface area contributed by atoms with E-state index in [-0.39, 0.29) is 17.0 Å². The van der Waals surface area contributed by atoms with Gasteiger partial charge in [0.25, 0.3) is 0 Å². The molecule has 0 amide bonds. The molecule has 158 valence electrons. The summed E-state index contributed by atoms with van der Waals surface area (Å²) in [5.74, 6) is 1.35. The molecule has 0 unspecified atom stereocenters. The van der Waals surface area contributed by atoms with Crippen LogP contribution in [0.5, 0.6) is 11.5 Å². The van der Waals surface area contributed by atoms with Crippen molar-refractivity contribution < 1.29 is 14.3 Å². The van der Waals surface area contributed by atoms with Crippen molar-refractivity contribution in [1.29, 1.82) is 0 Å². The Labute approximate surface area is 176 Å². The van der Waals surface area contributed by atoms with Gasteiger partial charge in [0.15, 0.2) is 0 Å². The van der Waals surface area contributed by atoms with E-state index in [0.29, 0.717) is 12.2 Å². The highest BCUT2D eigenvalue weighted by molar-refractivity contribution is 5.72. The summed E-state index contributed by atoms with van der Waals surface area (Å²) in [6, 6.07) is 16.2. The number of rotatable bonds is 10. The molecule has 0 atom stereocenters. The molecule has 0 aliphatic rings. The van der Waals surface area contributed by atoms with Crippen LogP contribution in [0.25, 0.3) is 0 Å². The van der Waals surface area contributed by atoms with Gasteiger partial charge in [0.05, 0.1) is 0 Å². The summed E-state index contributed by atoms with van der Waals surface area (Å²) >= 11 is 0. The Morgan fingerprint density at radius 2 is 1.28 bits per heavy atom. The Bertz CT molecular complexity index is 769. The van der Waals surface area contributed by atoms with Crippen molar-refractivity contribution in [1.82, 2.24) is 0 Å². The first kappa shape index (κ1) is 23.0. The standard InChI is InChI=1S/C26H36O3/c1-7-10-11-24(27)28-22-16-12-20(13-17-22)25(4,5)21-14-18-23(19-15-21)29-26(6,8-2)9-3/h12-19H,7-11H2,1-6H3. The molecule has 29 heavy (non-hydrogen) atoms. The number of hydrogen-bond acceptors (Lipinski definition) is 3. The van der Waals surface area contributed by atoms with E-state index in [4.69, 9.17) is 9.47 Å². The van der Waals surface area contributed by atoms with Crippen LogP contribution in [0.1, 0.15) is 84.8 Å². The lowest BCUT2D eigenvalue weighted by Gasteiger charge is -2.30. The predicted octanol–water partition coefficient (Wildman–Crippen LogP) is 7.07. The SMILES string of the molecule is CCCCC(=O)Oc1ccc(C(C)(C)c2ccc(OC(C)(CC)CC)cc2)cc1. The lowest BCUT2D eigenvalue weighted by atomic mass is 9.78. The minimum atomic E-state index is -0.166. The number of ether oxygens (including phenoxy) is 2. The van der Waals surface area contributed by atoms with Crippen molar-refractivity contribution in [2.24, 2.45) is 0 Å². The van der Waals surface area contributed by atoms with Crippen molar-refractivity contribution in [3.8, 4) is 11.5 Å². The molecule has 0 aliphatic carbocycles. The molecule has 0 N–H and O–H groups in total. The van der Waals surface area contributed by atoms with E-state index >= 15 is 0 Å². The van der Waals surface area contributed by atoms with Crippen molar-refractivity contribution in [3.63, 3.8) is 0 Å². The number of carbonyl (C=O) groups is 1. The molecule has 0 aromatic heterocycles. The van der Waals surface area contributed by atoms with Gasteiger partial charge in [-0.05, 0) is 61.6 Å². The summed E-state index contributed by atoms with van der Waals surface area (Å²) in [5, 5.41) is 0. The Morgan fingerprint density at radius 1 is 0.793 bits per heavy atom. The second-order valence-electron chi connectivity index (χ2n) is 8.51. The van der Waals surface area contributed by atoms with E-state index in [1.807, 2.05) is 24.3 Å². The van der Waals surface area contributed by atoms with Crippen molar-refractivity contribution in [3.05, 3.63) is 59.7 Å². The average Bonchev–Trinajstić information content (AvgIpc) is 2.73. The molecule has 0 bridgehead atoms. The first-order valence-electron chi connectivity index (χ1n) is 10.8. The molecule has 2 aromatic rings. The van der Waals surface area contributed by atoms with E-state index in [0.717, 1.165) is 31.4 Å². The predicted molar refractivity (Wildman–Crippen MR) is 120 cm³/mol. The molecule has 0 saturated carbocycles. The van der Waals surface area contributed by atoms with Crippen LogP contribution in [0.4, 0.5) is 0 Å². The molecule has 0 heterocycles. The first-order chi connectivity index (χ1) is 13.7. The van der Waals surface area contributed by atoms with Gasteiger partial charge in [-0.2, -0.15) is 0 Å². The molecule has 2 aromatic carbocycles. The minimum absolute atomic E-state index is 0.124. The van der Waals surface area contributed by atoms with E-state index in [1.165, 1.54) is 11.1 Å². The van der Waals surface area contributed by atoms with Gasteiger partial charge in [-0.3, -0.25) is 4.79 Å². The Balaban J connectivity index is 2.10. The second-order valence-corrected chi connectivity index (χ2v) is 8.51. The van der Waals surface area contributed by atoms with Crippen LogP contribution in [0.3, 0.4) is 0 Å². The second kappa shape index (κ2) is 9.96. The molecule has 0 spiro atoms. The molecule has 0 fully saturated rings. The molecular weight excluding hydrogens is 360 g/mol. The number of esters is 1. The highest BCUT2D eigenvalue weighted by atomic mass is 16.5. The third-order valence-electron chi connectivity index (χ3n) is 5.98. The van der Waals surface area contributed by atoms with Crippen LogP contribution in [0.15, 0.2) is 48.5 Å². The van der Waals surface area contributed by atoms with Crippen molar-refractivity contribution in [2.45, 2.75) is 84.7 Å². The van der Waals surface area contributed by atoms with Gasteiger partial charge in [0.1, 0.15) is 17.1 Å². The van der Waals surface area contributed by atoms with Crippen LogP contribution in [-0.4, -0.2) is 11.6 Å². The van der Waals surface area contributed by atoms with Gasteiger partial charge in [-0.1, -0.05) is 65.3 Å². The maximum Gasteiger partial charge on any atom is 0.311 e. The molecule has 2 rings (SSSR count). The maximum absolute atomic E-state index is 11.8. The monoisotopic (exact) mass is 396 g/mol. The van der Waals surface area contributed by atoms with Crippen molar-refractivity contribution >= 4 is 5.97 Å². The third-order valence-corrected chi connectivity index (χ3v) is 5.98. The highest BCUT2D eigenvalue weighted by Crippen LogP contribution is 2.34. The van der Waals surface area contributed by atoms with Gasteiger partial charge in [0.2, 0.25) is 0 Å². The fourth-order valence-corrected chi connectivity index (χ4v) is 3.23. The number of carbonyl (C=O) groups excluding carboxylic acids is 1. The molecule has 0 aliphatic heterocycles. The van der Waals surface area contributed by atoms with Gasteiger partial charge >= 0.3 is 5.97 Å². The highest BCUT2D eigenvalue weighted by Gasteiger charge is 2.25. The lowest BCUT2D eigenvalue weighted by Crippen LogP contribution is -2.30. The molecule has 3 heteroatoms. The summed E-state index contributed by atoms with van der Waals surface area (Å²) < 4.78 is 11.6. The zero-order valence-electron chi connectivity index (χ0n) is 18.9. The molecule has 0 saturated heterocycles. The molecule has 3 nitrogen and oxygen atoms in total. The molecular formula is C26H36O3. The summed E-state index contributed by atoms with van der Waals surface area (Å²) in [5.41, 5.74) is 2.10. The van der Waals surface area contributed by atoms with Crippen LogP contribution in [-0.2, 0) is 10.2 Å². The summed E-state index contributed by atoms with van der Waals surface area (Å²) in [6.45, 7) is 12.9. The van der Waals surface area contributed by atoms with Crippen LogP contribution < -0.4 is 9.47 Å². The topological polar surface area (TPSA) is 35.5 Å². The van der Waals surface area contributed by atoms with Crippen LogP contribution >= 0.6 is 0 Å². The fraction of sp³-hybridized carbons (Fsp3) is 0.500. The fourth-order valence-electron chi connectivity index (χ4n) is 3.23. The Hall–Kier alpha value is -2.29. The Morgan fingerprint density at radius 3 is 1.72 bits per heavy atom. The maximum atomic E-state index is 11.8. The van der Waals surface area contributed by atoms with Crippen LogP contribution in [0, 0.1) is 0 Å². The third kappa shape index (κ3) is 6.09. The van der Waals surface area contributed by atoms with E-state index < -0.39 is 0 Å². The van der Waals surface area contributed by atoms with Gasteiger partial charge in [-0.15, -0.1) is 0 Å². The number of unbranched alkanes of at least 4 members (excludes halogenated alkanes) is 1. The lowest BCUT2D eigenvalue weighted by molar-refractivity contribution is -0.134. The summed E-state index contributed by atoms with van der Waals surface area (Å²) in [6.07, 6.45) is 4.27. The van der Waals surface area contributed by atoms with E-state index in [2.05, 4.69) is 65.8 Å². The quantitative estimate of drug-likeness (QED) is 0.318. The zero-order valence-corrected chi connectivity index (χ0v) is 18.9. The zero-order chi connectivity index (χ0) is 21.5. The number of hydrogen-bond donors (Lipinski definition) is 0. The molecule has 0 radical (unpaired) electrons. The van der Waals surface area contributed by atoms with Crippen LogP contribution in [0.2, 0.25) is 0 Å². The Kier molecular flexibility index (Phi) is 7.89. The smallest absolute Gasteiger partial charge is 0.311 e. The summed E-state index contributed by atoms with van der Waals surface area (Å²) in [4.78, 5) is 11.8. The van der Waals surface area contributed by atoms with E-state index in [9.17, 15) is 4.79 Å².